The van der Waals surface area contributed by atoms with Crippen molar-refractivity contribution >= 4 is 17.5 Å². The fourth-order valence-corrected chi connectivity index (χ4v) is 1.33. The van der Waals surface area contributed by atoms with Gasteiger partial charge in [-0.05, 0) is 25.5 Å². The fraction of sp³-hybridized carbons (Fsp3) is 0.455. The molecule has 1 rings (SSSR count). The van der Waals surface area contributed by atoms with Crippen LogP contribution in [0.15, 0.2) is 12.3 Å². The van der Waals surface area contributed by atoms with E-state index in [1.54, 1.807) is 25.1 Å². The molecule has 0 radical (unpaired) electrons. The van der Waals surface area contributed by atoms with E-state index in [1.165, 1.54) is 0 Å². The Bertz CT molecular complexity index is 379. The molecular weight excluding hydrogens is 206 g/mol. The molecule has 0 atom stereocenters. The molecule has 1 aromatic heterocycles. The summed E-state index contributed by atoms with van der Waals surface area (Å²) in [7, 11) is 1.76. The number of aryl methyl sites for hydroxylation is 1. The number of hydrogen-bond donors (Lipinski definition) is 1. The number of aromatic nitrogens is 1. The highest BCUT2D eigenvalue weighted by Crippen LogP contribution is 2.21. The molecule has 0 fully saturated rings. The molecule has 5 heteroatoms. The number of likely N-dealkylation sites (N-methyl/N-ethyl adjacent to an activating group) is 1. The molecule has 0 saturated heterocycles. The summed E-state index contributed by atoms with van der Waals surface area (Å²) in [5.74, 6) is 0.320. The van der Waals surface area contributed by atoms with Crippen molar-refractivity contribution in [3.05, 3.63) is 17.8 Å². The van der Waals surface area contributed by atoms with Crippen LogP contribution in [-0.4, -0.2) is 31.2 Å². The Labute approximate surface area is 95.2 Å². The molecular formula is C11H17N3O2. The van der Waals surface area contributed by atoms with E-state index in [1.807, 2.05) is 13.0 Å². The lowest BCUT2D eigenvalue weighted by atomic mass is 10.2. The highest BCUT2D eigenvalue weighted by atomic mass is 16.5. The largest absolute Gasteiger partial charge is 0.465 e. The van der Waals surface area contributed by atoms with Gasteiger partial charge in [0.05, 0.1) is 12.3 Å². The van der Waals surface area contributed by atoms with E-state index in [0.29, 0.717) is 18.1 Å². The Morgan fingerprint density at radius 2 is 2.31 bits per heavy atom. The van der Waals surface area contributed by atoms with E-state index in [4.69, 9.17) is 10.5 Å². The molecule has 0 aliphatic carbocycles. The van der Waals surface area contributed by atoms with Gasteiger partial charge in [0, 0.05) is 13.2 Å². The van der Waals surface area contributed by atoms with Crippen LogP contribution in [0.4, 0.5) is 11.5 Å². The van der Waals surface area contributed by atoms with E-state index < -0.39 is 0 Å². The molecule has 0 saturated carbocycles. The smallest absolute Gasteiger partial charge is 0.325 e. The van der Waals surface area contributed by atoms with E-state index in [0.717, 1.165) is 5.56 Å². The molecule has 0 aliphatic rings. The van der Waals surface area contributed by atoms with Gasteiger partial charge < -0.3 is 15.4 Å². The molecule has 0 bridgehead atoms. The second kappa shape index (κ2) is 5.34. The molecule has 88 valence electrons. The lowest BCUT2D eigenvalue weighted by molar-refractivity contribution is -0.141. The third-order valence-corrected chi connectivity index (χ3v) is 2.22. The molecule has 0 aromatic carbocycles. The molecule has 1 heterocycles. The number of hydrogen-bond acceptors (Lipinski definition) is 5. The van der Waals surface area contributed by atoms with Crippen molar-refractivity contribution in [2.45, 2.75) is 13.8 Å². The van der Waals surface area contributed by atoms with Crippen LogP contribution in [0.2, 0.25) is 0 Å². The van der Waals surface area contributed by atoms with Gasteiger partial charge in [0.2, 0.25) is 0 Å². The van der Waals surface area contributed by atoms with Gasteiger partial charge in [-0.15, -0.1) is 0 Å². The third-order valence-electron chi connectivity index (χ3n) is 2.22. The Balaban J connectivity index is 2.76. The van der Waals surface area contributed by atoms with Gasteiger partial charge in [-0.2, -0.15) is 0 Å². The minimum Gasteiger partial charge on any atom is -0.465 e. The minimum absolute atomic E-state index is 0.147. The summed E-state index contributed by atoms with van der Waals surface area (Å²) in [6.07, 6.45) is 1.67. The lowest BCUT2D eigenvalue weighted by Crippen LogP contribution is -2.28. The zero-order valence-corrected chi connectivity index (χ0v) is 9.86. The fourth-order valence-electron chi connectivity index (χ4n) is 1.33. The first kappa shape index (κ1) is 12.3. The summed E-state index contributed by atoms with van der Waals surface area (Å²) in [6.45, 7) is 4.20. The van der Waals surface area contributed by atoms with E-state index in [9.17, 15) is 4.79 Å². The van der Waals surface area contributed by atoms with Crippen LogP contribution in [0, 0.1) is 6.92 Å². The van der Waals surface area contributed by atoms with Crippen LogP contribution in [0.25, 0.3) is 0 Å². The Hall–Kier alpha value is -1.78. The molecule has 0 spiro atoms. The van der Waals surface area contributed by atoms with Crippen LogP contribution in [0.3, 0.4) is 0 Å². The van der Waals surface area contributed by atoms with E-state index in [-0.39, 0.29) is 12.5 Å². The number of carbonyl (C=O) groups excluding carboxylic acids is 1. The molecule has 0 aliphatic heterocycles. The van der Waals surface area contributed by atoms with Crippen molar-refractivity contribution in [3.63, 3.8) is 0 Å². The highest BCUT2D eigenvalue weighted by Gasteiger charge is 2.12. The lowest BCUT2D eigenvalue weighted by Gasteiger charge is -2.19. The second-order valence-corrected chi connectivity index (χ2v) is 3.53. The van der Waals surface area contributed by atoms with E-state index in [2.05, 4.69) is 4.98 Å². The molecule has 16 heavy (non-hydrogen) atoms. The summed E-state index contributed by atoms with van der Waals surface area (Å²) >= 11 is 0. The summed E-state index contributed by atoms with van der Waals surface area (Å²) in [6, 6.07) is 1.83. The molecule has 2 N–H and O–H groups in total. The van der Waals surface area contributed by atoms with E-state index >= 15 is 0 Å². The number of rotatable bonds is 4. The zero-order chi connectivity index (χ0) is 12.1. The number of nitrogens with zero attached hydrogens (tertiary/aromatic N) is 2. The number of nitrogens with two attached hydrogens (primary N) is 1. The maximum Gasteiger partial charge on any atom is 0.325 e. The third kappa shape index (κ3) is 2.85. The molecule has 0 amide bonds. The van der Waals surface area contributed by atoms with Crippen molar-refractivity contribution in [2.24, 2.45) is 0 Å². The number of anilines is 2. The maximum atomic E-state index is 11.3. The number of esters is 1. The van der Waals surface area contributed by atoms with Gasteiger partial charge in [-0.25, -0.2) is 4.98 Å². The van der Waals surface area contributed by atoms with Crippen LogP contribution in [0.1, 0.15) is 12.5 Å². The average molecular weight is 223 g/mol. The summed E-state index contributed by atoms with van der Waals surface area (Å²) in [4.78, 5) is 17.1. The van der Waals surface area contributed by atoms with Crippen LogP contribution in [-0.2, 0) is 9.53 Å². The number of ether oxygens (including phenoxy) is 1. The predicted molar refractivity (Wildman–Crippen MR) is 63.3 cm³/mol. The number of pyridine rings is 1. The molecule has 5 nitrogen and oxygen atoms in total. The van der Waals surface area contributed by atoms with Gasteiger partial charge in [-0.3, -0.25) is 4.79 Å². The van der Waals surface area contributed by atoms with Gasteiger partial charge in [0.1, 0.15) is 6.54 Å². The minimum atomic E-state index is -0.285. The van der Waals surface area contributed by atoms with Crippen molar-refractivity contribution in [1.29, 1.82) is 0 Å². The number of nitrogen functional groups attached to an aromatic ring is 1. The van der Waals surface area contributed by atoms with Crippen LogP contribution >= 0.6 is 0 Å². The Morgan fingerprint density at radius 3 is 2.94 bits per heavy atom. The highest BCUT2D eigenvalue weighted by molar-refractivity contribution is 5.77. The Kier molecular flexibility index (Phi) is 4.10. The molecule has 1 aromatic rings. The first-order valence-corrected chi connectivity index (χ1v) is 5.14. The summed E-state index contributed by atoms with van der Waals surface area (Å²) < 4.78 is 4.85. The second-order valence-electron chi connectivity index (χ2n) is 3.53. The Morgan fingerprint density at radius 1 is 1.62 bits per heavy atom. The molecule has 0 unspecified atom stereocenters. The predicted octanol–water partition coefficient (Wildman–Crippen LogP) is 0.972. The zero-order valence-electron chi connectivity index (χ0n) is 9.86. The van der Waals surface area contributed by atoms with Gasteiger partial charge >= 0.3 is 5.97 Å². The topological polar surface area (TPSA) is 68.5 Å². The first-order valence-electron chi connectivity index (χ1n) is 5.14. The van der Waals surface area contributed by atoms with Gasteiger partial charge in [0.15, 0.2) is 5.82 Å². The van der Waals surface area contributed by atoms with Crippen molar-refractivity contribution in [2.75, 3.05) is 30.8 Å². The van der Waals surface area contributed by atoms with Crippen molar-refractivity contribution < 1.29 is 9.53 Å². The van der Waals surface area contributed by atoms with Gasteiger partial charge in [0.25, 0.3) is 0 Å². The maximum absolute atomic E-state index is 11.3. The SMILES string of the molecule is CCOC(=O)CN(C)c1nccc(C)c1N. The van der Waals surface area contributed by atoms with Crippen LogP contribution in [0.5, 0.6) is 0 Å². The quantitative estimate of drug-likeness (QED) is 0.770. The summed E-state index contributed by atoms with van der Waals surface area (Å²) in [5.41, 5.74) is 7.41. The number of carbonyl (C=O) groups is 1. The monoisotopic (exact) mass is 223 g/mol. The normalized spacial score (nSPS) is 9.94. The average Bonchev–Trinajstić information content (AvgIpc) is 2.22. The standard InChI is InChI=1S/C11H17N3O2/c1-4-16-9(15)7-14(3)11-10(12)8(2)5-6-13-11/h5-6H,4,7,12H2,1-3H3. The summed E-state index contributed by atoms with van der Waals surface area (Å²) in [5, 5.41) is 0. The van der Waals surface area contributed by atoms with Gasteiger partial charge in [-0.1, -0.05) is 0 Å². The van der Waals surface area contributed by atoms with Crippen molar-refractivity contribution in [1.82, 2.24) is 4.98 Å². The first-order chi connectivity index (χ1) is 7.56. The van der Waals surface area contributed by atoms with Crippen LogP contribution < -0.4 is 10.6 Å². The van der Waals surface area contributed by atoms with Crippen molar-refractivity contribution in [3.8, 4) is 0 Å².